The number of sulfonamides is 1. The molecule has 1 saturated carbocycles. The number of hydrogen-bond acceptors (Lipinski definition) is 5. The number of piperidine rings is 1. The fourth-order valence-electron chi connectivity index (χ4n) is 6.88. The summed E-state index contributed by atoms with van der Waals surface area (Å²) in [6, 6.07) is 9.12. The number of alkyl halides is 3. The molecule has 0 radical (unpaired) electrons. The van der Waals surface area contributed by atoms with E-state index in [1.165, 1.54) is 27.7 Å². The monoisotopic (exact) mass is 576 g/mol. The molecule has 2 aliphatic carbocycles. The zero-order valence-corrected chi connectivity index (χ0v) is 23.6. The van der Waals surface area contributed by atoms with E-state index in [1.54, 1.807) is 6.07 Å². The Morgan fingerprint density at radius 3 is 2.30 bits per heavy atom. The Kier molecular flexibility index (Phi) is 6.49. The molecule has 0 unspecified atom stereocenters. The molecule has 11 heteroatoms. The molecule has 6 rings (SSSR count). The van der Waals surface area contributed by atoms with Gasteiger partial charge in [0.25, 0.3) is 0 Å². The highest BCUT2D eigenvalue weighted by atomic mass is 32.2. The van der Waals surface area contributed by atoms with Gasteiger partial charge >= 0.3 is 6.18 Å². The van der Waals surface area contributed by atoms with Crippen molar-refractivity contribution < 1.29 is 26.4 Å². The smallest absolute Gasteiger partial charge is 0.380 e. The van der Waals surface area contributed by atoms with Crippen molar-refractivity contribution in [2.24, 2.45) is 5.41 Å². The summed E-state index contributed by atoms with van der Waals surface area (Å²) in [5.41, 5.74) is 1.81. The lowest BCUT2D eigenvalue weighted by molar-refractivity contribution is -0.191. The van der Waals surface area contributed by atoms with E-state index in [4.69, 9.17) is 0 Å². The lowest BCUT2D eigenvalue weighted by atomic mass is 9.77. The van der Waals surface area contributed by atoms with Crippen LogP contribution in [0.2, 0.25) is 0 Å². The summed E-state index contributed by atoms with van der Waals surface area (Å²) in [4.78, 5) is 18.7. The average Bonchev–Trinajstić information content (AvgIpc) is 3.69. The van der Waals surface area contributed by atoms with Crippen molar-refractivity contribution in [3.63, 3.8) is 0 Å². The molecule has 7 nitrogen and oxygen atoms in total. The van der Waals surface area contributed by atoms with Crippen LogP contribution in [0.4, 0.5) is 18.9 Å². The summed E-state index contributed by atoms with van der Waals surface area (Å²) in [5.74, 6) is -0.548. The number of likely N-dealkylation sites (tertiary alicyclic amines) is 1. The van der Waals surface area contributed by atoms with Gasteiger partial charge in [0, 0.05) is 31.1 Å². The minimum absolute atomic E-state index is 0.0331. The van der Waals surface area contributed by atoms with Crippen molar-refractivity contribution in [1.29, 1.82) is 0 Å². The molecule has 2 aromatic rings. The van der Waals surface area contributed by atoms with Crippen molar-refractivity contribution in [1.82, 2.24) is 14.2 Å². The van der Waals surface area contributed by atoms with Crippen molar-refractivity contribution >= 4 is 21.6 Å². The van der Waals surface area contributed by atoms with Gasteiger partial charge in [-0.2, -0.15) is 13.2 Å². The maximum Gasteiger partial charge on any atom is 0.414 e. The van der Waals surface area contributed by atoms with Gasteiger partial charge < -0.3 is 10.2 Å². The van der Waals surface area contributed by atoms with Gasteiger partial charge in [-0.1, -0.05) is 38.1 Å². The van der Waals surface area contributed by atoms with Crippen molar-refractivity contribution in [2.75, 3.05) is 25.0 Å². The van der Waals surface area contributed by atoms with Crippen LogP contribution in [0.15, 0.2) is 42.6 Å². The van der Waals surface area contributed by atoms with E-state index >= 15 is 0 Å². The Labute approximate surface area is 233 Å². The Bertz CT molecular complexity index is 1400. The van der Waals surface area contributed by atoms with Gasteiger partial charge in [0.1, 0.15) is 0 Å². The predicted molar refractivity (Wildman–Crippen MR) is 145 cm³/mol. The van der Waals surface area contributed by atoms with Gasteiger partial charge in [0.2, 0.25) is 15.9 Å². The second-order valence-electron chi connectivity index (χ2n) is 12.4. The number of carbonyl (C=O) groups excluding carboxylic acids is 1. The molecule has 4 aliphatic rings. The molecule has 1 aromatic heterocycles. The standard InChI is InChI=1S/C29H35F3N4O3S/c1-27(2)22-6-4-3-5-19(22)17-24(27)34-20-7-10-23(33-18-20)25(29(30,31)32)36-16-13-28(26(36)37)11-14-35(15-12-28)40(38,39)21-8-9-21/h3-7,10,18,21,24-25,34H,8-9,11-17H2,1-2H3/t24-,25-/m0/s1. The number of nitrogens with zero attached hydrogens (tertiary/aromatic N) is 3. The molecule has 2 saturated heterocycles. The molecule has 3 fully saturated rings. The highest BCUT2D eigenvalue weighted by Crippen LogP contribution is 2.49. The summed E-state index contributed by atoms with van der Waals surface area (Å²) < 4.78 is 70.0. The number of rotatable bonds is 6. The Hall–Kier alpha value is -2.66. The summed E-state index contributed by atoms with van der Waals surface area (Å²) in [7, 11) is -3.37. The summed E-state index contributed by atoms with van der Waals surface area (Å²) in [6.45, 7) is 4.62. The average molecular weight is 577 g/mol. The number of carbonyl (C=O) groups is 1. The van der Waals surface area contributed by atoms with Gasteiger partial charge in [0.05, 0.1) is 28.2 Å². The van der Waals surface area contributed by atoms with Crippen LogP contribution < -0.4 is 5.32 Å². The third-order valence-corrected chi connectivity index (χ3v) is 12.0. The molecule has 216 valence electrons. The third-order valence-electron chi connectivity index (χ3n) is 9.57. The second kappa shape index (κ2) is 9.44. The topological polar surface area (TPSA) is 82.6 Å². The van der Waals surface area contributed by atoms with Crippen LogP contribution in [0.1, 0.15) is 68.8 Å². The largest absolute Gasteiger partial charge is 0.414 e. The van der Waals surface area contributed by atoms with Gasteiger partial charge in [0.15, 0.2) is 6.04 Å². The molecule has 1 amide bonds. The predicted octanol–water partition coefficient (Wildman–Crippen LogP) is 4.81. The first-order valence-corrected chi connectivity index (χ1v) is 15.5. The van der Waals surface area contributed by atoms with Crippen LogP contribution in [0, 0.1) is 5.41 Å². The molecule has 2 aliphatic heterocycles. The van der Waals surface area contributed by atoms with Crippen LogP contribution in [0.3, 0.4) is 0 Å². The Balaban J connectivity index is 1.17. The number of hydrogen-bond donors (Lipinski definition) is 1. The van der Waals surface area contributed by atoms with E-state index in [2.05, 4.69) is 36.3 Å². The number of nitrogens with one attached hydrogen (secondary N) is 1. The summed E-state index contributed by atoms with van der Waals surface area (Å²) in [6.07, 6.45) is -0.399. The van der Waals surface area contributed by atoms with Crippen molar-refractivity contribution in [3.05, 3.63) is 59.4 Å². The molecule has 1 spiro atoms. The fourth-order valence-corrected chi connectivity index (χ4v) is 8.73. The Morgan fingerprint density at radius 1 is 1.02 bits per heavy atom. The number of fused-ring (bicyclic) bond motifs is 1. The first-order valence-electron chi connectivity index (χ1n) is 14.0. The van der Waals surface area contributed by atoms with Crippen molar-refractivity contribution in [2.45, 2.75) is 81.3 Å². The zero-order chi connectivity index (χ0) is 28.5. The summed E-state index contributed by atoms with van der Waals surface area (Å²) >= 11 is 0. The fraction of sp³-hybridized carbons (Fsp3) is 0.586. The molecular formula is C29H35F3N4O3S. The molecule has 1 N–H and O–H groups in total. The van der Waals surface area contributed by atoms with E-state index in [0.29, 0.717) is 18.5 Å². The van der Waals surface area contributed by atoms with E-state index in [-0.39, 0.29) is 61.3 Å². The molecule has 40 heavy (non-hydrogen) atoms. The minimum atomic E-state index is -4.70. The first kappa shape index (κ1) is 27.5. The van der Waals surface area contributed by atoms with Gasteiger partial charge in [-0.15, -0.1) is 0 Å². The number of benzene rings is 1. The van der Waals surface area contributed by atoms with Crippen LogP contribution >= 0.6 is 0 Å². The van der Waals surface area contributed by atoms with Gasteiger partial charge in [-0.25, -0.2) is 12.7 Å². The number of aromatic nitrogens is 1. The maximum absolute atomic E-state index is 14.4. The Morgan fingerprint density at radius 2 is 1.70 bits per heavy atom. The SMILES string of the molecule is CC1(C)c2ccccc2C[C@@H]1Nc1ccc([C@H](N2CCC3(CCN(S(=O)(=O)C4CC4)CC3)C2=O)C(F)(F)F)nc1. The minimum Gasteiger partial charge on any atom is -0.380 e. The van der Waals surface area contributed by atoms with E-state index in [9.17, 15) is 26.4 Å². The van der Waals surface area contributed by atoms with Crippen LogP contribution in [-0.4, -0.2) is 65.6 Å². The molecular weight excluding hydrogens is 541 g/mol. The zero-order valence-electron chi connectivity index (χ0n) is 22.7. The first-order chi connectivity index (χ1) is 18.8. The van der Waals surface area contributed by atoms with Crippen LogP contribution in [0.25, 0.3) is 0 Å². The van der Waals surface area contributed by atoms with E-state index < -0.39 is 33.6 Å². The van der Waals surface area contributed by atoms with Crippen LogP contribution in [-0.2, 0) is 26.7 Å². The normalized spacial score (nSPS) is 25.3. The van der Waals surface area contributed by atoms with Crippen LogP contribution in [0.5, 0.6) is 0 Å². The molecule has 0 bridgehead atoms. The lowest BCUT2D eigenvalue weighted by Gasteiger charge is -2.38. The van der Waals surface area contributed by atoms with E-state index in [0.717, 1.165) is 11.3 Å². The lowest BCUT2D eigenvalue weighted by Crippen LogP contribution is -2.49. The molecule has 2 atom stereocenters. The number of halogens is 3. The second-order valence-corrected chi connectivity index (χ2v) is 14.6. The number of anilines is 1. The summed E-state index contributed by atoms with van der Waals surface area (Å²) in [5, 5.41) is 3.12. The highest BCUT2D eigenvalue weighted by molar-refractivity contribution is 7.90. The number of amides is 1. The highest BCUT2D eigenvalue weighted by Gasteiger charge is 2.57. The number of pyridine rings is 1. The molecule has 1 aromatic carbocycles. The van der Waals surface area contributed by atoms with E-state index in [1.807, 2.05) is 12.1 Å². The third kappa shape index (κ3) is 4.58. The molecule has 3 heterocycles. The maximum atomic E-state index is 14.4. The van der Waals surface area contributed by atoms with Gasteiger partial charge in [-0.3, -0.25) is 9.78 Å². The van der Waals surface area contributed by atoms with Crippen molar-refractivity contribution in [3.8, 4) is 0 Å². The van der Waals surface area contributed by atoms with Gasteiger partial charge in [-0.05, 0) is 61.8 Å². The quantitative estimate of drug-likeness (QED) is 0.534.